The van der Waals surface area contributed by atoms with E-state index < -0.39 is 0 Å². The van der Waals surface area contributed by atoms with Crippen molar-refractivity contribution in [1.29, 1.82) is 0 Å². The maximum absolute atomic E-state index is 7.28. The summed E-state index contributed by atoms with van der Waals surface area (Å²) >= 11 is 9.23. The second kappa shape index (κ2) is 13.1. The van der Waals surface area contributed by atoms with E-state index in [0.29, 0.717) is 0 Å². The van der Waals surface area contributed by atoms with Crippen LogP contribution in [-0.2, 0) is 5.41 Å². The largest absolute Gasteiger partial charge is 0.464 e. The molecule has 0 saturated carbocycles. The molecule has 3 nitrogen and oxygen atoms in total. The smallest absolute Gasteiger partial charge is 0.138 e. The van der Waals surface area contributed by atoms with Crippen LogP contribution in [0.3, 0.4) is 0 Å². The molecule has 0 spiro atoms. The van der Waals surface area contributed by atoms with Gasteiger partial charge in [-0.2, -0.15) is 0 Å². The van der Waals surface area contributed by atoms with E-state index in [4.69, 9.17) is 20.4 Å². The fourth-order valence-electron chi connectivity index (χ4n) is 9.06. The zero-order chi connectivity index (χ0) is 37.4. The normalized spacial score (nSPS) is 17.7. The number of hydrogen-bond donors (Lipinski definition) is 0. The van der Waals surface area contributed by atoms with Gasteiger partial charge in [-0.1, -0.05) is 127 Å². The van der Waals surface area contributed by atoms with Crippen molar-refractivity contribution >= 4 is 73.2 Å². The molecule has 1 atom stereocenters. The van der Waals surface area contributed by atoms with Gasteiger partial charge in [-0.15, -0.1) is 0 Å². The van der Waals surface area contributed by atoms with Crippen molar-refractivity contribution in [2.24, 2.45) is 0 Å². The molecule has 11 rings (SSSR count). The quantitative estimate of drug-likeness (QED) is 0.179. The van der Waals surface area contributed by atoms with Crippen LogP contribution in [0.4, 0.5) is 11.4 Å². The molecule has 56 heavy (non-hydrogen) atoms. The van der Waals surface area contributed by atoms with E-state index in [0.717, 1.165) is 90.8 Å². The molecule has 3 heterocycles. The van der Waals surface area contributed by atoms with E-state index in [-0.39, 0.29) is 5.41 Å². The first-order valence-corrected chi connectivity index (χ1v) is 20.4. The summed E-state index contributed by atoms with van der Waals surface area (Å²) in [6, 6.07) is 47.4. The Kier molecular flexibility index (Phi) is 7.80. The van der Waals surface area contributed by atoms with Crippen molar-refractivity contribution in [2.45, 2.75) is 31.6 Å². The van der Waals surface area contributed by atoms with Gasteiger partial charge >= 0.3 is 0 Å². The number of anilines is 2. The molecule has 6 aromatic carbocycles. The maximum atomic E-state index is 7.28. The minimum atomic E-state index is -0.174. The Morgan fingerprint density at radius 1 is 0.714 bits per heavy atom. The molecule has 1 aliphatic heterocycles. The van der Waals surface area contributed by atoms with Crippen LogP contribution in [0.1, 0.15) is 37.3 Å². The van der Waals surface area contributed by atoms with Crippen LogP contribution in [0.2, 0.25) is 5.02 Å². The van der Waals surface area contributed by atoms with Crippen LogP contribution >= 0.6 is 23.4 Å². The predicted octanol–water partition coefficient (Wildman–Crippen LogP) is 15.4. The van der Waals surface area contributed by atoms with E-state index in [1.165, 1.54) is 32.2 Å². The summed E-state index contributed by atoms with van der Waals surface area (Å²) in [5, 5.41) is 4.05. The van der Waals surface area contributed by atoms with Gasteiger partial charge in [0.1, 0.15) is 16.7 Å². The first kappa shape index (κ1) is 33.4. The monoisotopic (exact) mass is 761 g/mol. The van der Waals surface area contributed by atoms with Crippen LogP contribution in [0.15, 0.2) is 188 Å². The minimum absolute atomic E-state index is 0.174. The van der Waals surface area contributed by atoms with Gasteiger partial charge in [-0.25, -0.2) is 0 Å². The SMILES string of the molecule is CC12CC=CC=C1SC1=C(C=C(N(c3ccccc3)c3cc(-c4ccc5occc5c4)c4c(c3)oc3ccccc34)CC1)c1cccc(Cl)c1-c1ccccc12. The number of para-hydroxylation sites is 2. The summed E-state index contributed by atoms with van der Waals surface area (Å²) < 4.78 is 12.4. The molecule has 2 aliphatic carbocycles. The second-order valence-electron chi connectivity index (χ2n) is 15.1. The highest BCUT2D eigenvalue weighted by molar-refractivity contribution is 8.07. The summed E-state index contributed by atoms with van der Waals surface area (Å²) in [5.41, 5.74) is 14.0. The van der Waals surface area contributed by atoms with Crippen molar-refractivity contribution in [3.8, 4) is 22.3 Å². The summed E-state index contributed by atoms with van der Waals surface area (Å²) in [6.07, 6.45) is 13.7. The second-order valence-corrected chi connectivity index (χ2v) is 16.6. The van der Waals surface area contributed by atoms with Gasteiger partial charge in [0.05, 0.1) is 12.0 Å². The third-order valence-electron chi connectivity index (χ3n) is 11.8. The highest BCUT2D eigenvalue weighted by Crippen LogP contribution is 2.56. The lowest BCUT2D eigenvalue weighted by molar-refractivity contribution is 0.591. The highest BCUT2D eigenvalue weighted by Gasteiger charge is 2.38. The molecule has 1 unspecified atom stereocenters. The lowest BCUT2D eigenvalue weighted by Gasteiger charge is -2.36. The Hall–Kier alpha value is -5.94. The Morgan fingerprint density at radius 2 is 1.55 bits per heavy atom. The van der Waals surface area contributed by atoms with Gasteiger partial charge < -0.3 is 13.7 Å². The first-order valence-electron chi connectivity index (χ1n) is 19.2. The number of nitrogens with zero attached hydrogens (tertiary/aromatic N) is 1. The summed E-state index contributed by atoms with van der Waals surface area (Å²) in [7, 11) is 0. The maximum Gasteiger partial charge on any atom is 0.138 e. The zero-order valence-corrected chi connectivity index (χ0v) is 32.3. The fourth-order valence-corrected chi connectivity index (χ4v) is 10.7. The molecule has 3 aliphatic rings. The van der Waals surface area contributed by atoms with E-state index in [2.05, 4.69) is 151 Å². The van der Waals surface area contributed by atoms with Crippen molar-refractivity contribution < 1.29 is 8.83 Å². The first-order chi connectivity index (χ1) is 27.5. The van der Waals surface area contributed by atoms with Gasteiger partial charge in [0, 0.05) is 54.5 Å². The number of halogens is 1. The standard InChI is InChI=1S/C51H36ClNO2S/c1-51-26-10-9-20-48(51)56-47-24-22-35(29-41(47)37-16-11-18-43(52)49(37)38-14-5-7-17-42(38)51)53(34-12-3-2-4-13-34)36-30-40(32-21-23-44-33(28-32)25-27-54-44)50-39-15-6-8-19-45(39)55-46(50)31-36/h2-21,23,25,27-31H,22,24,26H2,1H3. The molecular weight excluding hydrogens is 726 g/mol. The van der Waals surface area contributed by atoms with E-state index in [9.17, 15) is 0 Å². The van der Waals surface area contributed by atoms with Crippen molar-refractivity contribution in [3.63, 3.8) is 0 Å². The van der Waals surface area contributed by atoms with Gasteiger partial charge in [0.2, 0.25) is 0 Å². The van der Waals surface area contributed by atoms with Crippen LogP contribution in [-0.4, -0.2) is 0 Å². The molecule has 8 aromatic rings. The molecule has 0 fully saturated rings. The molecule has 0 bridgehead atoms. The molecule has 0 N–H and O–H groups in total. The van der Waals surface area contributed by atoms with Crippen molar-refractivity contribution in [2.75, 3.05) is 4.90 Å². The Bertz CT molecular complexity index is 3020. The Labute approximate surface area is 334 Å². The Morgan fingerprint density at radius 3 is 2.48 bits per heavy atom. The fraction of sp³-hybridized carbons (Fsp3) is 0.0980. The number of allylic oxidation sites excluding steroid dienone is 8. The third kappa shape index (κ3) is 5.27. The lowest BCUT2D eigenvalue weighted by Crippen LogP contribution is -2.25. The number of furan rings is 2. The van der Waals surface area contributed by atoms with Crippen molar-refractivity contribution in [1.82, 2.24) is 0 Å². The predicted molar refractivity (Wildman–Crippen MR) is 235 cm³/mol. The molecule has 2 aromatic heterocycles. The number of hydrogen-bond acceptors (Lipinski definition) is 4. The molecule has 5 heteroatoms. The van der Waals surface area contributed by atoms with Crippen LogP contribution in [0.25, 0.3) is 60.7 Å². The molecule has 0 amide bonds. The number of thioether (sulfide) groups is 1. The number of fused-ring (bicyclic) bond motifs is 10. The van der Waals surface area contributed by atoms with Gasteiger partial charge in [-0.3, -0.25) is 0 Å². The Balaban J connectivity index is 1.16. The highest BCUT2D eigenvalue weighted by atomic mass is 35.5. The van der Waals surface area contributed by atoms with Gasteiger partial charge in [0.25, 0.3) is 0 Å². The van der Waals surface area contributed by atoms with Crippen molar-refractivity contribution in [3.05, 3.63) is 196 Å². The van der Waals surface area contributed by atoms with E-state index in [1.54, 1.807) is 6.26 Å². The topological polar surface area (TPSA) is 29.5 Å². The summed E-state index contributed by atoms with van der Waals surface area (Å²) in [4.78, 5) is 5.17. The van der Waals surface area contributed by atoms with Crippen LogP contribution in [0.5, 0.6) is 0 Å². The average molecular weight is 762 g/mol. The lowest BCUT2D eigenvalue weighted by atomic mass is 9.73. The third-order valence-corrected chi connectivity index (χ3v) is 13.6. The van der Waals surface area contributed by atoms with Crippen LogP contribution < -0.4 is 4.90 Å². The molecule has 270 valence electrons. The summed E-state index contributed by atoms with van der Waals surface area (Å²) in [6.45, 7) is 2.40. The van der Waals surface area contributed by atoms with E-state index in [1.807, 2.05) is 30.0 Å². The van der Waals surface area contributed by atoms with Gasteiger partial charge in [-0.05, 0) is 112 Å². The molecule has 0 saturated heterocycles. The summed E-state index contributed by atoms with van der Waals surface area (Å²) in [5.74, 6) is 0. The minimum Gasteiger partial charge on any atom is -0.464 e. The van der Waals surface area contributed by atoms with E-state index >= 15 is 0 Å². The van der Waals surface area contributed by atoms with Gasteiger partial charge in [0.15, 0.2) is 0 Å². The van der Waals surface area contributed by atoms with Crippen LogP contribution in [0, 0.1) is 0 Å². The number of rotatable bonds is 4. The molecular formula is C51H36ClNO2S. The average Bonchev–Trinajstić information content (AvgIpc) is 3.87. The number of benzene rings is 6. The molecule has 0 radical (unpaired) electrons. The zero-order valence-electron chi connectivity index (χ0n) is 30.8.